The number of nitrogens with zero attached hydrogens (tertiary/aromatic N) is 4. The highest BCUT2D eigenvalue weighted by molar-refractivity contribution is 5.52. The molecule has 3 rings (SSSR count). The predicted octanol–water partition coefficient (Wildman–Crippen LogP) is 1.99. The minimum Gasteiger partial charge on any atom is -0.378 e. The Morgan fingerprint density at radius 3 is 3.26 bits per heavy atom. The van der Waals surface area contributed by atoms with Gasteiger partial charge in [0.25, 0.3) is 0 Å². The van der Waals surface area contributed by atoms with E-state index in [-0.39, 0.29) is 0 Å². The van der Waals surface area contributed by atoms with Gasteiger partial charge in [-0.1, -0.05) is 0 Å². The first kappa shape index (κ1) is 12.1. The summed E-state index contributed by atoms with van der Waals surface area (Å²) in [4.78, 5) is 7.99. The van der Waals surface area contributed by atoms with Gasteiger partial charge in [0.2, 0.25) is 0 Å². The van der Waals surface area contributed by atoms with Gasteiger partial charge in [-0.2, -0.15) is 5.10 Å². The zero-order chi connectivity index (χ0) is 12.9. The van der Waals surface area contributed by atoms with Gasteiger partial charge < -0.3 is 10.1 Å². The molecule has 0 radical (unpaired) electrons. The molecule has 6 heteroatoms. The maximum atomic E-state index is 5.60. The molecule has 0 bridgehead atoms. The Bertz CT molecular complexity index is 507. The number of ether oxygens (including phenoxy) is 1. The zero-order valence-corrected chi connectivity index (χ0v) is 10.7. The van der Waals surface area contributed by atoms with Gasteiger partial charge in [0, 0.05) is 25.5 Å². The summed E-state index contributed by atoms with van der Waals surface area (Å²) in [7, 11) is 0. The van der Waals surface area contributed by atoms with Crippen molar-refractivity contribution in [1.29, 1.82) is 0 Å². The summed E-state index contributed by atoms with van der Waals surface area (Å²) in [6, 6.07) is 1.82. The Hall–Kier alpha value is -1.95. The Morgan fingerprint density at radius 2 is 2.47 bits per heavy atom. The van der Waals surface area contributed by atoms with E-state index in [1.807, 2.05) is 16.9 Å². The smallest absolute Gasteiger partial charge is 0.133 e. The van der Waals surface area contributed by atoms with Gasteiger partial charge in [0.15, 0.2) is 0 Å². The third-order valence-electron chi connectivity index (χ3n) is 3.19. The highest BCUT2D eigenvalue weighted by Gasteiger charge is 2.15. The number of aromatic nitrogens is 4. The van der Waals surface area contributed by atoms with Crippen molar-refractivity contribution in [2.45, 2.75) is 31.9 Å². The lowest BCUT2D eigenvalue weighted by molar-refractivity contribution is 0.0994. The van der Waals surface area contributed by atoms with E-state index in [1.54, 1.807) is 12.4 Å². The molecule has 1 atom stereocenters. The van der Waals surface area contributed by atoms with Crippen molar-refractivity contribution in [2.75, 3.05) is 11.9 Å². The van der Waals surface area contributed by atoms with E-state index < -0.39 is 0 Å². The van der Waals surface area contributed by atoms with E-state index >= 15 is 0 Å². The first-order valence-corrected chi connectivity index (χ1v) is 6.57. The molecule has 1 fully saturated rings. The maximum absolute atomic E-state index is 5.60. The zero-order valence-electron chi connectivity index (χ0n) is 10.7. The van der Waals surface area contributed by atoms with Crippen molar-refractivity contribution in [1.82, 2.24) is 19.7 Å². The summed E-state index contributed by atoms with van der Waals surface area (Å²) in [5.74, 6) is 0.772. The molecule has 2 aromatic heterocycles. The van der Waals surface area contributed by atoms with E-state index in [2.05, 4.69) is 20.4 Å². The standard InChI is InChI=1S/C13H17N5O/c1-2-12(19-7-1)4-6-18-9-11(8-16-18)17-13-3-5-14-10-15-13/h3,5,8-10,12H,1-2,4,6-7H2,(H,14,15,17). The Kier molecular flexibility index (Phi) is 3.69. The molecule has 1 N–H and O–H groups in total. The molecule has 0 aliphatic carbocycles. The van der Waals surface area contributed by atoms with Crippen LogP contribution in [0.25, 0.3) is 0 Å². The van der Waals surface area contributed by atoms with Crippen LogP contribution in [0.15, 0.2) is 31.0 Å². The second-order valence-corrected chi connectivity index (χ2v) is 4.64. The highest BCUT2D eigenvalue weighted by atomic mass is 16.5. The number of rotatable bonds is 5. The van der Waals surface area contributed by atoms with Crippen LogP contribution < -0.4 is 5.32 Å². The van der Waals surface area contributed by atoms with Crippen molar-refractivity contribution in [3.63, 3.8) is 0 Å². The molecular weight excluding hydrogens is 242 g/mol. The summed E-state index contributed by atoms with van der Waals surface area (Å²) in [6.45, 7) is 1.79. The molecule has 19 heavy (non-hydrogen) atoms. The second kappa shape index (κ2) is 5.79. The second-order valence-electron chi connectivity index (χ2n) is 4.64. The topological polar surface area (TPSA) is 64.9 Å². The van der Waals surface area contributed by atoms with Crippen LogP contribution in [0.4, 0.5) is 11.5 Å². The van der Waals surface area contributed by atoms with E-state index in [4.69, 9.17) is 4.74 Å². The molecule has 0 aromatic carbocycles. The third kappa shape index (κ3) is 3.29. The number of hydrogen-bond donors (Lipinski definition) is 1. The average molecular weight is 259 g/mol. The Balaban J connectivity index is 1.54. The first-order valence-electron chi connectivity index (χ1n) is 6.57. The van der Waals surface area contributed by atoms with Gasteiger partial charge in [-0.25, -0.2) is 9.97 Å². The highest BCUT2D eigenvalue weighted by Crippen LogP contribution is 2.17. The summed E-state index contributed by atoms with van der Waals surface area (Å²) in [5.41, 5.74) is 0.936. The van der Waals surface area contributed by atoms with Crippen molar-refractivity contribution < 1.29 is 4.74 Å². The maximum Gasteiger partial charge on any atom is 0.133 e. The van der Waals surface area contributed by atoms with Crippen LogP contribution in [0, 0.1) is 0 Å². The van der Waals surface area contributed by atoms with Crippen LogP contribution in [0.2, 0.25) is 0 Å². The fourth-order valence-electron chi connectivity index (χ4n) is 2.21. The lowest BCUT2D eigenvalue weighted by Gasteiger charge is -2.08. The van der Waals surface area contributed by atoms with Crippen molar-refractivity contribution in [3.8, 4) is 0 Å². The van der Waals surface area contributed by atoms with E-state index in [9.17, 15) is 0 Å². The van der Waals surface area contributed by atoms with Crippen LogP contribution in [-0.4, -0.2) is 32.5 Å². The lowest BCUT2D eigenvalue weighted by atomic mass is 10.2. The molecule has 0 spiro atoms. The minimum absolute atomic E-state index is 0.405. The molecular formula is C13H17N5O. The van der Waals surface area contributed by atoms with Gasteiger partial charge in [-0.05, 0) is 25.3 Å². The SMILES string of the molecule is c1cc(Nc2cnn(CCC3CCCO3)c2)ncn1. The van der Waals surface area contributed by atoms with Gasteiger partial charge in [0.1, 0.15) is 12.1 Å². The van der Waals surface area contributed by atoms with Crippen LogP contribution in [0.3, 0.4) is 0 Å². The Morgan fingerprint density at radius 1 is 1.47 bits per heavy atom. The number of nitrogens with one attached hydrogen (secondary N) is 1. The molecule has 6 nitrogen and oxygen atoms in total. The van der Waals surface area contributed by atoms with Gasteiger partial charge >= 0.3 is 0 Å². The third-order valence-corrected chi connectivity index (χ3v) is 3.19. The molecule has 1 unspecified atom stereocenters. The van der Waals surface area contributed by atoms with Gasteiger partial charge in [-0.3, -0.25) is 4.68 Å². The molecule has 1 saturated heterocycles. The van der Waals surface area contributed by atoms with Crippen LogP contribution in [-0.2, 0) is 11.3 Å². The fraction of sp³-hybridized carbons (Fsp3) is 0.462. The number of hydrogen-bond acceptors (Lipinski definition) is 5. The van der Waals surface area contributed by atoms with Crippen LogP contribution >= 0.6 is 0 Å². The molecule has 0 amide bonds. The minimum atomic E-state index is 0.405. The van der Waals surface area contributed by atoms with Crippen molar-refractivity contribution in [2.24, 2.45) is 0 Å². The normalized spacial score (nSPS) is 18.6. The van der Waals surface area contributed by atoms with Crippen LogP contribution in [0.1, 0.15) is 19.3 Å². The average Bonchev–Trinajstić information content (AvgIpc) is 3.09. The summed E-state index contributed by atoms with van der Waals surface area (Å²) < 4.78 is 7.54. The molecule has 1 aliphatic heterocycles. The van der Waals surface area contributed by atoms with Crippen molar-refractivity contribution >= 4 is 11.5 Å². The molecule has 100 valence electrons. The lowest BCUT2D eigenvalue weighted by Crippen LogP contribution is -2.10. The quantitative estimate of drug-likeness (QED) is 0.889. The predicted molar refractivity (Wildman–Crippen MR) is 71.1 cm³/mol. The van der Waals surface area contributed by atoms with Gasteiger partial charge in [0.05, 0.1) is 18.0 Å². The first-order chi connectivity index (χ1) is 9.40. The monoisotopic (exact) mass is 259 g/mol. The Labute approximate surface area is 111 Å². The molecule has 1 aliphatic rings. The largest absolute Gasteiger partial charge is 0.378 e. The summed E-state index contributed by atoms with van der Waals surface area (Å²) >= 11 is 0. The molecule has 3 heterocycles. The number of aryl methyl sites for hydroxylation is 1. The fourth-order valence-corrected chi connectivity index (χ4v) is 2.21. The molecule has 2 aromatic rings. The van der Waals surface area contributed by atoms with E-state index in [0.717, 1.165) is 31.1 Å². The van der Waals surface area contributed by atoms with Gasteiger partial charge in [-0.15, -0.1) is 0 Å². The molecule has 0 saturated carbocycles. The van der Waals surface area contributed by atoms with Crippen molar-refractivity contribution in [3.05, 3.63) is 31.0 Å². The summed E-state index contributed by atoms with van der Waals surface area (Å²) in [6.07, 6.45) is 10.8. The van der Waals surface area contributed by atoms with Crippen LogP contribution in [0.5, 0.6) is 0 Å². The van der Waals surface area contributed by atoms with E-state index in [1.165, 1.54) is 19.2 Å². The number of anilines is 2. The summed E-state index contributed by atoms with van der Waals surface area (Å²) in [5, 5.41) is 7.52. The van der Waals surface area contributed by atoms with E-state index in [0.29, 0.717) is 6.10 Å².